The molecule has 0 aliphatic carbocycles. The van der Waals surface area contributed by atoms with Gasteiger partial charge in [-0.3, -0.25) is 14.4 Å². The summed E-state index contributed by atoms with van der Waals surface area (Å²) in [4.78, 5) is 31.1. The first-order valence-electron chi connectivity index (χ1n) is 6.02. The Balaban J connectivity index is 0. The highest BCUT2D eigenvalue weighted by molar-refractivity contribution is 5.77. The van der Waals surface area contributed by atoms with Gasteiger partial charge in [-0.05, 0) is 20.8 Å². The predicted octanol–water partition coefficient (Wildman–Crippen LogP) is -2.54. The van der Waals surface area contributed by atoms with Crippen LogP contribution in [-0.4, -0.2) is 63.6 Å². The highest BCUT2D eigenvalue weighted by Crippen LogP contribution is 1.98. The molecule has 0 aromatic carbocycles. The van der Waals surface area contributed by atoms with E-state index < -0.39 is 48.2 Å². The maximum Gasteiger partial charge on any atom is 0.324 e. The normalized spacial score (nSPS) is 17.3. The molecule has 5 atom stereocenters. The fourth-order valence-corrected chi connectivity index (χ4v) is 0.771. The predicted molar refractivity (Wildman–Crippen MR) is 72.1 cm³/mol. The minimum absolute atomic E-state index is 0.663. The summed E-state index contributed by atoms with van der Waals surface area (Å²) in [6, 6.07) is -3.15. The van der Waals surface area contributed by atoms with Crippen molar-refractivity contribution in [2.75, 3.05) is 0 Å². The number of ether oxygens (including phenoxy) is 1. The highest BCUT2D eigenvalue weighted by atomic mass is 16.5. The molecule has 0 unspecified atom stereocenters. The number of hydrogen-bond acceptors (Lipinski definition) is 8. The van der Waals surface area contributed by atoms with Gasteiger partial charge in [-0.15, -0.1) is 0 Å². The summed E-state index contributed by atoms with van der Waals surface area (Å²) in [5.74, 6) is -3.06. The SMILES string of the molecule is C[C@@H](O)[C@H](N)C(=O)O.C[C@H](N)C(=O)O[C@H](C)[C@H](N)C(=O)O. The lowest BCUT2D eigenvalue weighted by molar-refractivity contribution is -0.154. The van der Waals surface area contributed by atoms with E-state index in [2.05, 4.69) is 4.74 Å². The number of esters is 1. The van der Waals surface area contributed by atoms with Crippen molar-refractivity contribution in [3.8, 4) is 0 Å². The molecule has 0 aliphatic heterocycles. The number of aliphatic hydroxyl groups excluding tert-OH is 1. The van der Waals surface area contributed by atoms with E-state index in [0.717, 1.165) is 0 Å². The minimum Gasteiger partial charge on any atom is -0.480 e. The van der Waals surface area contributed by atoms with Crippen molar-refractivity contribution in [3.05, 3.63) is 0 Å². The lowest BCUT2D eigenvalue weighted by atomic mass is 10.2. The van der Waals surface area contributed by atoms with Crippen molar-refractivity contribution in [1.29, 1.82) is 0 Å². The van der Waals surface area contributed by atoms with E-state index in [1.807, 2.05) is 0 Å². The van der Waals surface area contributed by atoms with Gasteiger partial charge >= 0.3 is 17.9 Å². The van der Waals surface area contributed by atoms with Crippen LogP contribution in [-0.2, 0) is 19.1 Å². The van der Waals surface area contributed by atoms with Crippen molar-refractivity contribution in [3.63, 3.8) is 0 Å². The van der Waals surface area contributed by atoms with Crippen molar-refractivity contribution >= 4 is 17.9 Å². The fraction of sp³-hybridized carbons (Fsp3) is 0.727. The molecular formula is C11H23N3O7. The third-order valence-electron chi connectivity index (χ3n) is 2.27. The van der Waals surface area contributed by atoms with Gasteiger partial charge in [0.1, 0.15) is 24.2 Å². The molecule has 0 saturated heterocycles. The second-order valence-corrected chi connectivity index (χ2v) is 4.40. The number of aliphatic hydroxyl groups is 1. The van der Waals surface area contributed by atoms with Crippen LogP contribution >= 0.6 is 0 Å². The molecule has 9 N–H and O–H groups in total. The monoisotopic (exact) mass is 309 g/mol. The van der Waals surface area contributed by atoms with E-state index in [9.17, 15) is 14.4 Å². The Labute approximate surface area is 121 Å². The van der Waals surface area contributed by atoms with Crippen molar-refractivity contribution < 1.29 is 34.4 Å². The van der Waals surface area contributed by atoms with E-state index in [1.165, 1.54) is 20.8 Å². The molecule has 0 rings (SSSR count). The summed E-state index contributed by atoms with van der Waals surface area (Å²) in [7, 11) is 0. The third kappa shape index (κ3) is 9.73. The molecule has 0 saturated carbocycles. The zero-order chi connectivity index (χ0) is 17.3. The van der Waals surface area contributed by atoms with Gasteiger partial charge in [-0.1, -0.05) is 0 Å². The summed E-state index contributed by atoms with van der Waals surface area (Å²) in [6.07, 6.45) is -1.86. The van der Waals surface area contributed by atoms with E-state index in [0.29, 0.717) is 0 Å². The molecule has 10 nitrogen and oxygen atoms in total. The van der Waals surface area contributed by atoms with Gasteiger partial charge in [-0.25, -0.2) is 0 Å². The Hall–Kier alpha value is -1.75. The van der Waals surface area contributed by atoms with Crippen molar-refractivity contribution in [2.45, 2.75) is 51.1 Å². The smallest absolute Gasteiger partial charge is 0.324 e. The molecule has 10 heteroatoms. The van der Waals surface area contributed by atoms with Gasteiger partial charge in [0.15, 0.2) is 0 Å². The van der Waals surface area contributed by atoms with Crippen LogP contribution in [0.2, 0.25) is 0 Å². The molecule has 0 fully saturated rings. The van der Waals surface area contributed by atoms with Gasteiger partial charge in [0.05, 0.1) is 6.10 Å². The topological polar surface area (TPSA) is 199 Å². The van der Waals surface area contributed by atoms with Gasteiger partial charge in [-0.2, -0.15) is 0 Å². The van der Waals surface area contributed by atoms with Crippen molar-refractivity contribution in [1.82, 2.24) is 0 Å². The van der Waals surface area contributed by atoms with Crippen LogP contribution in [0.3, 0.4) is 0 Å². The van der Waals surface area contributed by atoms with Crippen LogP contribution in [0.15, 0.2) is 0 Å². The van der Waals surface area contributed by atoms with Crippen LogP contribution in [0.1, 0.15) is 20.8 Å². The number of carbonyl (C=O) groups excluding carboxylic acids is 1. The number of nitrogens with two attached hydrogens (primary N) is 3. The van der Waals surface area contributed by atoms with E-state index in [4.69, 9.17) is 32.5 Å². The average molecular weight is 309 g/mol. The summed E-state index contributed by atoms with van der Waals surface area (Å²) < 4.78 is 4.67. The second-order valence-electron chi connectivity index (χ2n) is 4.40. The van der Waals surface area contributed by atoms with Crippen molar-refractivity contribution in [2.24, 2.45) is 17.2 Å². The number of hydrogen-bond donors (Lipinski definition) is 6. The number of carbonyl (C=O) groups is 3. The maximum absolute atomic E-state index is 10.9. The number of carboxylic acids is 2. The fourth-order valence-electron chi connectivity index (χ4n) is 0.771. The van der Waals surface area contributed by atoms with Crippen LogP contribution in [0, 0.1) is 0 Å². The first kappa shape index (κ1) is 21.5. The number of rotatable bonds is 6. The Kier molecular flexibility index (Phi) is 10.3. The minimum atomic E-state index is -1.22. The second kappa shape index (κ2) is 10.0. The molecule has 0 aliphatic rings. The molecule has 0 spiro atoms. The van der Waals surface area contributed by atoms with E-state index in [-0.39, 0.29) is 0 Å². The number of aliphatic carboxylic acids is 2. The molecule has 0 heterocycles. The molecular weight excluding hydrogens is 286 g/mol. The lowest BCUT2D eigenvalue weighted by Crippen LogP contribution is -2.44. The Morgan fingerprint density at radius 3 is 1.48 bits per heavy atom. The van der Waals surface area contributed by atoms with E-state index in [1.54, 1.807) is 0 Å². The van der Waals surface area contributed by atoms with E-state index >= 15 is 0 Å². The Morgan fingerprint density at radius 2 is 1.29 bits per heavy atom. The summed E-state index contributed by atoms with van der Waals surface area (Å²) in [6.45, 7) is 4.18. The summed E-state index contributed by atoms with van der Waals surface area (Å²) in [5, 5.41) is 25.0. The molecule has 124 valence electrons. The van der Waals surface area contributed by atoms with Crippen LogP contribution in [0.25, 0.3) is 0 Å². The molecule has 0 radical (unpaired) electrons. The van der Waals surface area contributed by atoms with Crippen LogP contribution in [0.5, 0.6) is 0 Å². The zero-order valence-electron chi connectivity index (χ0n) is 12.1. The summed E-state index contributed by atoms with van der Waals surface area (Å²) >= 11 is 0. The van der Waals surface area contributed by atoms with Crippen LogP contribution in [0.4, 0.5) is 0 Å². The van der Waals surface area contributed by atoms with Gasteiger partial charge in [0.2, 0.25) is 0 Å². The Bertz CT molecular complexity index is 360. The molecule has 0 amide bonds. The third-order valence-corrected chi connectivity index (χ3v) is 2.27. The molecule has 0 bridgehead atoms. The zero-order valence-corrected chi connectivity index (χ0v) is 12.1. The summed E-state index contributed by atoms with van der Waals surface area (Å²) in [5.41, 5.74) is 15.3. The number of carboxylic acid groups (broad SMARTS) is 2. The van der Waals surface area contributed by atoms with Gasteiger partial charge in [0.25, 0.3) is 0 Å². The van der Waals surface area contributed by atoms with Crippen LogP contribution < -0.4 is 17.2 Å². The first-order chi connectivity index (χ1) is 9.41. The average Bonchev–Trinajstić information content (AvgIpc) is 2.36. The quantitative estimate of drug-likeness (QED) is 0.284. The lowest BCUT2D eigenvalue weighted by Gasteiger charge is -2.17. The largest absolute Gasteiger partial charge is 0.480 e. The first-order valence-corrected chi connectivity index (χ1v) is 6.02. The highest BCUT2D eigenvalue weighted by Gasteiger charge is 2.24. The van der Waals surface area contributed by atoms with Gasteiger partial charge < -0.3 is 37.3 Å². The molecule has 21 heavy (non-hydrogen) atoms. The van der Waals surface area contributed by atoms with Gasteiger partial charge in [0, 0.05) is 0 Å². The molecule has 0 aromatic rings. The molecule has 0 aromatic heterocycles. The standard InChI is InChI=1S/C7H14N2O4.C4H9NO3/c1-3(8)7(12)13-4(2)5(9)6(10)11;1-2(6)3(5)4(7)8/h3-5H,8-9H2,1-2H3,(H,10,11);2-3,6H,5H2,1H3,(H,7,8)/t3-,4+,5-;2-,3+/m01/s1. The maximum atomic E-state index is 10.9. The Morgan fingerprint density at radius 1 is 0.905 bits per heavy atom.